The molecule has 0 aromatic rings. The molecule has 2 atom stereocenters. The molecule has 0 heterocycles. The van der Waals surface area contributed by atoms with Crippen LogP contribution in [0.15, 0.2) is 11.6 Å². The molecule has 0 spiro atoms. The lowest BCUT2D eigenvalue weighted by atomic mass is 9.85. The summed E-state index contributed by atoms with van der Waals surface area (Å²) in [6.45, 7) is 8.07. The molecule has 0 aliphatic heterocycles. The zero-order chi connectivity index (χ0) is 17.7. The van der Waals surface area contributed by atoms with Crippen molar-refractivity contribution in [2.75, 3.05) is 14.1 Å². The lowest BCUT2D eigenvalue weighted by molar-refractivity contribution is 0.0893. The Kier molecular flexibility index (Phi) is 13.2. The minimum atomic E-state index is -0.365. The Morgan fingerprint density at radius 1 is 1.00 bits per heavy atom. The Morgan fingerprint density at radius 2 is 1.43 bits per heavy atom. The van der Waals surface area contributed by atoms with E-state index < -0.39 is 0 Å². The fourth-order valence-corrected chi connectivity index (χ4v) is 3.73. The van der Waals surface area contributed by atoms with Crippen molar-refractivity contribution in [2.24, 2.45) is 0 Å². The molecule has 3 heteroatoms. The second-order valence-electron chi connectivity index (χ2n) is 7.32. The normalized spacial score (nSPS) is 15.6. The van der Waals surface area contributed by atoms with Gasteiger partial charge in [0.2, 0.25) is 0 Å². The fraction of sp³-hybridized carbons (Fsp3) is 0.900. The van der Waals surface area contributed by atoms with Gasteiger partial charge in [-0.25, -0.2) is 0 Å². The van der Waals surface area contributed by atoms with Gasteiger partial charge in [0.05, 0.1) is 11.6 Å². The molecule has 0 rings (SSSR count). The number of rotatable bonds is 15. The second kappa shape index (κ2) is 13.3. The first kappa shape index (κ1) is 22.9. The van der Waals surface area contributed by atoms with Crippen LogP contribution in [-0.2, 0) is 0 Å². The van der Waals surface area contributed by atoms with Crippen molar-refractivity contribution in [2.45, 2.75) is 103 Å². The highest BCUT2D eigenvalue weighted by Crippen LogP contribution is 2.35. The van der Waals surface area contributed by atoms with Crippen LogP contribution < -0.4 is 0 Å². The van der Waals surface area contributed by atoms with Crippen LogP contribution in [0.4, 0.5) is 0 Å². The van der Waals surface area contributed by atoms with Crippen molar-refractivity contribution in [3.63, 3.8) is 0 Å². The third-order valence-corrected chi connectivity index (χ3v) is 5.29. The Hall–Kier alpha value is -0.0500. The van der Waals surface area contributed by atoms with Crippen molar-refractivity contribution in [1.82, 2.24) is 4.90 Å². The largest absolute Gasteiger partial charge is 0.393 e. The van der Waals surface area contributed by atoms with Gasteiger partial charge in [0.25, 0.3) is 0 Å². The predicted molar refractivity (Wildman–Crippen MR) is 104 cm³/mol. The summed E-state index contributed by atoms with van der Waals surface area (Å²) in [6, 6.07) is 0. The summed E-state index contributed by atoms with van der Waals surface area (Å²) in [5.74, 6) is 0. The fourth-order valence-electron chi connectivity index (χ4n) is 3.39. The highest BCUT2D eigenvalue weighted by molar-refractivity contribution is 6.30. The molecule has 0 saturated heterocycles. The van der Waals surface area contributed by atoms with Crippen LogP contribution >= 0.6 is 11.6 Å². The molecule has 1 N–H and O–H groups in total. The van der Waals surface area contributed by atoms with Crippen molar-refractivity contribution < 1.29 is 5.11 Å². The van der Waals surface area contributed by atoms with E-state index >= 15 is 0 Å². The van der Waals surface area contributed by atoms with Gasteiger partial charge in [0.1, 0.15) is 0 Å². The number of hydrogen-bond donors (Lipinski definition) is 1. The van der Waals surface area contributed by atoms with Gasteiger partial charge in [-0.1, -0.05) is 89.3 Å². The first-order valence-electron chi connectivity index (χ1n) is 9.57. The Labute approximate surface area is 150 Å². The topological polar surface area (TPSA) is 23.5 Å². The number of aliphatic hydroxyl groups excluding tert-OH is 1. The van der Waals surface area contributed by atoms with E-state index in [0.717, 1.165) is 12.8 Å². The van der Waals surface area contributed by atoms with Crippen LogP contribution in [0.2, 0.25) is 0 Å². The molecule has 0 bridgehead atoms. The van der Waals surface area contributed by atoms with Gasteiger partial charge in [-0.05, 0) is 33.9 Å². The number of halogens is 1. The van der Waals surface area contributed by atoms with Crippen LogP contribution in [0.25, 0.3) is 0 Å². The minimum Gasteiger partial charge on any atom is -0.393 e. The van der Waals surface area contributed by atoms with Crippen LogP contribution in [0.1, 0.15) is 90.9 Å². The summed E-state index contributed by atoms with van der Waals surface area (Å²) >= 11 is 6.32. The number of likely N-dealkylation sites (N-methyl/N-ethyl adjacent to an activating group) is 1. The zero-order valence-electron chi connectivity index (χ0n) is 16.0. The molecule has 0 amide bonds. The average molecular weight is 346 g/mol. The molecule has 0 aliphatic rings. The molecule has 0 aromatic heterocycles. The molecule has 0 aliphatic carbocycles. The van der Waals surface area contributed by atoms with Crippen molar-refractivity contribution in [3.05, 3.63) is 11.6 Å². The third-order valence-electron chi connectivity index (χ3n) is 4.94. The van der Waals surface area contributed by atoms with Gasteiger partial charge in [-0.3, -0.25) is 4.90 Å². The number of hydrogen-bond acceptors (Lipinski definition) is 2. The minimum absolute atomic E-state index is 0.282. The van der Waals surface area contributed by atoms with Crippen LogP contribution in [-0.4, -0.2) is 35.7 Å². The van der Waals surface area contributed by atoms with Gasteiger partial charge in [0, 0.05) is 5.03 Å². The van der Waals surface area contributed by atoms with Gasteiger partial charge in [-0.15, -0.1) is 0 Å². The zero-order valence-corrected chi connectivity index (χ0v) is 16.8. The van der Waals surface area contributed by atoms with Crippen LogP contribution in [0.5, 0.6) is 0 Å². The molecule has 2 unspecified atom stereocenters. The lowest BCUT2D eigenvalue weighted by Crippen LogP contribution is -2.46. The summed E-state index contributed by atoms with van der Waals surface area (Å²) in [6.07, 6.45) is 14.6. The highest BCUT2D eigenvalue weighted by atomic mass is 35.5. The van der Waals surface area contributed by atoms with E-state index in [1.54, 1.807) is 0 Å². The molecule has 2 nitrogen and oxygen atoms in total. The van der Waals surface area contributed by atoms with E-state index in [9.17, 15) is 5.11 Å². The van der Waals surface area contributed by atoms with Crippen LogP contribution in [0.3, 0.4) is 0 Å². The number of aliphatic hydroxyl groups is 1. The second-order valence-corrected chi connectivity index (χ2v) is 7.77. The Balaban J connectivity index is 3.98. The summed E-state index contributed by atoms with van der Waals surface area (Å²) in [4.78, 5) is 2.13. The van der Waals surface area contributed by atoms with E-state index in [4.69, 9.17) is 11.6 Å². The van der Waals surface area contributed by atoms with Gasteiger partial charge in [-0.2, -0.15) is 0 Å². The molecule has 0 aromatic carbocycles. The highest BCUT2D eigenvalue weighted by Gasteiger charge is 2.35. The Bertz CT molecular complexity index is 304. The van der Waals surface area contributed by atoms with E-state index in [2.05, 4.69) is 18.4 Å². The maximum atomic E-state index is 9.82. The first-order valence-corrected chi connectivity index (χ1v) is 9.95. The number of unbranched alkanes of at least 4 members (excludes halogenated alkanes) is 9. The molecule has 0 saturated carbocycles. The molecule has 0 radical (unpaired) electrons. The van der Waals surface area contributed by atoms with Gasteiger partial charge in [0.15, 0.2) is 0 Å². The summed E-state index contributed by atoms with van der Waals surface area (Å²) < 4.78 is 0. The van der Waals surface area contributed by atoms with Crippen molar-refractivity contribution >= 4 is 11.6 Å². The smallest absolute Gasteiger partial charge is 0.0581 e. The average Bonchev–Trinajstić information content (AvgIpc) is 2.46. The summed E-state index contributed by atoms with van der Waals surface area (Å²) in [7, 11) is 4.07. The van der Waals surface area contributed by atoms with E-state index in [0.29, 0.717) is 11.5 Å². The third kappa shape index (κ3) is 9.74. The first-order chi connectivity index (χ1) is 10.9. The predicted octanol–water partition coefficient (Wildman–Crippen LogP) is 6.12. The molecule has 0 fully saturated rings. The molecule has 23 heavy (non-hydrogen) atoms. The molecular weight excluding hydrogens is 306 g/mol. The monoisotopic (exact) mass is 345 g/mol. The van der Waals surface area contributed by atoms with E-state index in [1.165, 1.54) is 57.8 Å². The maximum absolute atomic E-state index is 9.82. The van der Waals surface area contributed by atoms with Crippen molar-refractivity contribution in [3.8, 4) is 0 Å². The van der Waals surface area contributed by atoms with Gasteiger partial charge < -0.3 is 5.11 Å². The van der Waals surface area contributed by atoms with Gasteiger partial charge >= 0.3 is 0 Å². The SMILES string of the molecule is C=C(Cl)C(CCCCCCCCCCCC)(CC(C)O)N(C)C. The maximum Gasteiger partial charge on any atom is 0.0581 e. The lowest BCUT2D eigenvalue weighted by Gasteiger charge is -2.40. The van der Waals surface area contributed by atoms with Crippen LogP contribution in [0, 0.1) is 0 Å². The quantitative estimate of drug-likeness (QED) is 0.361. The van der Waals surface area contributed by atoms with Crippen molar-refractivity contribution in [1.29, 1.82) is 0 Å². The molecular formula is C20H40ClNO. The molecule has 138 valence electrons. The Morgan fingerprint density at radius 3 is 1.78 bits per heavy atom. The summed E-state index contributed by atoms with van der Waals surface area (Å²) in [5, 5.41) is 10.5. The van der Waals surface area contributed by atoms with E-state index in [-0.39, 0.29) is 11.6 Å². The number of nitrogens with zero attached hydrogens (tertiary/aromatic N) is 1. The van der Waals surface area contributed by atoms with E-state index in [1.807, 2.05) is 21.0 Å². The summed E-state index contributed by atoms with van der Waals surface area (Å²) in [5.41, 5.74) is -0.282. The standard InChI is InChI=1S/C20H40ClNO/c1-6-7-8-9-10-11-12-13-14-15-16-20(19(3)21,22(4)5)17-18(2)23/h18,23H,3,6-17H2,1-2,4-5H3.